The van der Waals surface area contributed by atoms with Gasteiger partial charge in [0.05, 0.1) is 11.5 Å². The fraction of sp³-hybridized carbons (Fsp3) is 0.625. The molecule has 0 bridgehead atoms. The van der Waals surface area contributed by atoms with Crippen LogP contribution in [0.4, 0.5) is 5.82 Å². The van der Waals surface area contributed by atoms with Gasteiger partial charge in [0.25, 0.3) is 0 Å². The van der Waals surface area contributed by atoms with E-state index in [1.807, 2.05) is 14.0 Å². The van der Waals surface area contributed by atoms with Crippen molar-refractivity contribution in [1.82, 2.24) is 14.5 Å². The van der Waals surface area contributed by atoms with Crippen molar-refractivity contribution < 1.29 is 4.74 Å². The third-order valence-electron chi connectivity index (χ3n) is 4.78. The maximum absolute atomic E-state index is 6.28. The Morgan fingerprint density at radius 2 is 2.05 bits per heavy atom. The summed E-state index contributed by atoms with van der Waals surface area (Å²) in [4.78, 5) is 9.08. The summed E-state index contributed by atoms with van der Waals surface area (Å²) >= 11 is 0. The van der Waals surface area contributed by atoms with E-state index < -0.39 is 0 Å². The first-order valence-electron chi connectivity index (χ1n) is 7.75. The lowest BCUT2D eigenvalue weighted by Crippen LogP contribution is -2.15. The van der Waals surface area contributed by atoms with Crippen LogP contribution in [0, 0.1) is 18.8 Å². The second kappa shape index (κ2) is 5.30. The highest BCUT2D eigenvalue weighted by molar-refractivity contribution is 5.87. The summed E-state index contributed by atoms with van der Waals surface area (Å²) in [6.07, 6.45) is 3.51. The predicted octanol–water partition coefficient (Wildman–Crippen LogP) is 3.36. The van der Waals surface area contributed by atoms with E-state index in [2.05, 4.69) is 52.9 Å². The van der Waals surface area contributed by atoms with Crippen molar-refractivity contribution in [1.29, 1.82) is 0 Å². The zero-order chi connectivity index (χ0) is 15.1. The minimum absolute atomic E-state index is 0.0569. The molecular formula is C16H24N4O. The van der Waals surface area contributed by atoms with E-state index >= 15 is 0 Å². The SMILES string of the molecule is CCC1OC(n2ccc3c(NC)nc(C)nc32)C(C)C1C. The molecule has 1 aliphatic rings. The van der Waals surface area contributed by atoms with E-state index in [1.165, 1.54) is 0 Å². The first-order chi connectivity index (χ1) is 10.1. The van der Waals surface area contributed by atoms with Gasteiger partial charge in [-0.1, -0.05) is 20.8 Å². The number of anilines is 1. The number of rotatable bonds is 3. The van der Waals surface area contributed by atoms with Crippen LogP contribution in [0.1, 0.15) is 39.2 Å². The smallest absolute Gasteiger partial charge is 0.147 e. The number of hydrogen-bond acceptors (Lipinski definition) is 4. The number of nitrogens with zero attached hydrogens (tertiary/aromatic N) is 3. The molecule has 1 aliphatic heterocycles. The lowest BCUT2D eigenvalue weighted by atomic mass is 9.91. The van der Waals surface area contributed by atoms with Crippen molar-refractivity contribution in [2.45, 2.75) is 46.4 Å². The van der Waals surface area contributed by atoms with Gasteiger partial charge < -0.3 is 14.6 Å². The quantitative estimate of drug-likeness (QED) is 0.941. The van der Waals surface area contributed by atoms with Crippen molar-refractivity contribution >= 4 is 16.9 Å². The van der Waals surface area contributed by atoms with Gasteiger partial charge >= 0.3 is 0 Å². The van der Waals surface area contributed by atoms with Gasteiger partial charge in [0.1, 0.15) is 23.5 Å². The van der Waals surface area contributed by atoms with Crippen LogP contribution in [-0.2, 0) is 4.74 Å². The van der Waals surface area contributed by atoms with Gasteiger partial charge in [-0.3, -0.25) is 0 Å². The zero-order valence-corrected chi connectivity index (χ0v) is 13.4. The Balaban J connectivity index is 2.07. The average molecular weight is 288 g/mol. The van der Waals surface area contributed by atoms with E-state index in [0.29, 0.717) is 17.9 Å². The van der Waals surface area contributed by atoms with Crippen LogP contribution >= 0.6 is 0 Å². The lowest BCUT2D eigenvalue weighted by Gasteiger charge is -2.19. The molecular weight excluding hydrogens is 264 g/mol. The molecule has 5 nitrogen and oxygen atoms in total. The zero-order valence-electron chi connectivity index (χ0n) is 13.4. The van der Waals surface area contributed by atoms with Gasteiger partial charge in [0, 0.05) is 19.2 Å². The second-order valence-corrected chi connectivity index (χ2v) is 6.02. The monoisotopic (exact) mass is 288 g/mol. The minimum Gasteiger partial charge on any atom is -0.372 e. The second-order valence-electron chi connectivity index (χ2n) is 6.02. The van der Waals surface area contributed by atoms with E-state index in [4.69, 9.17) is 4.74 Å². The molecule has 0 saturated carbocycles. The number of aromatic nitrogens is 3. The maximum atomic E-state index is 6.28. The number of nitrogens with one attached hydrogen (secondary N) is 1. The molecule has 0 radical (unpaired) electrons. The molecule has 2 aromatic rings. The Hall–Kier alpha value is -1.62. The molecule has 4 unspecified atom stereocenters. The largest absolute Gasteiger partial charge is 0.372 e. The van der Waals surface area contributed by atoms with Crippen LogP contribution < -0.4 is 5.32 Å². The van der Waals surface area contributed by atoms with E-state index in [0.717, 1.165) is 29.1 Å². The van der Waals surface area contributed by atoms with Crippen LogP contribution in [0.5, 0.6) is 0 Å². The normalized spacial score (nSPS) is 29.2. The average Bonchev–Trinajstić information content (AvgIpc) is 3.01. The summed E-state index contributed by atoms with van der Waals surface area (Å²) in [6, 6.07) is 2.07. The van der Waals surface area contributed by atoms with Crippen molar-refractivity contribution in [3.8, 4) is 0 Å². The summed E-state index contributed by atoms with van der Waals surface area (Å²) in [5.41, 5.74) is 0.952. The molecule has 1 fully saturated rings. The van der Waals surface area contributed by atoms with Gasteiger partial charge in [0.15, 0.2) is 0 Å². The molecule has 0 amide bonds. The molecule has 1 N–H and O–H groups in total. The fourth-order valence-corrected chi connectivity index (χ4v) is 3.35. The molecule has 4 atom stereocenters. The Kier molecular flexibility index (Phi) is 3.61. The molecule has 0 spiro atoms. The van der Waals surface area contributed by atoms with Gasteiger partial charge in [-0.25, -0.2) is 9.97 Å². The standard InChI is InChI=1S/C16H24N4O/c1-6-13-9(2)10(3)16(21-13)20-8-7-12-14(17-5)18-11(4)19-15(12)20/h7-10,13,16H,6H2,1-5H3,(H,17,18,19). The molecule has 2 aromatic heterocycles. The van der Waals surface area contributed by atoms with Crippen LogP contribution in [0.3, 0.4) is 0 Å². The third-order valence-corrected chi connectivity index (χ3v) is 4.78. The van der Waals surface area contributed by atoms with Crippen LogP contribution in [-0.4, -0.2) is 27.7 Å². The minimum atomic E-state index is 0.0569. The number of hydrogen-bond donors (Lipinski definition) is 1. The first-order valence-corrected chi connectivity index (χ1v) is 7.75. The molecule has 3 rings (SSSR count). The highest BCUT2D eigenvalue weighted by atomic mass is 16.5. The summed E-state index contributed by atoms with van der Waals surface area (Å²) in [6.45, 7) is 8.66. The van der Waals surface area contributed by atoms with Crippen molar-refractivity contribution in [2.75, 3.05) is 12.4 Å². The van der Waals surface area contributed by atoms with Gasteiger partial charge in [-0.2, -0.15) is 0 Å². The number of fused-ring (bicyclic) bond motifs is 1. The van der Waals surface area contributed by atoms with Crippen molar-refractivity contribution in [3.63, 3.8) is 0 Å². The van der Waals surface area contributed by atoms with Crippen molar-refractivity contribution in [2.24, 2.45) is 11.8 Å². The molecule has 3 heterocycles. The fourth-order valence-electron chi connectivity index (χ4n) is 3.35. The first kappa shape index (κ1) is 14.3. The van der Waals surface area contributed by atoms with E-state index in [9.17, 15) is 0 Å². The van der Waals surface area contributed by atoms with Gasteiger partial charge in [0.2, 0.25) is 0 Å². The number of ether oxygens (including phenoxy) is 1. The number of aryl methyl sites for hydroxylation is 1. The molecule has 114 valence electrons. The highest BCUT2D eigenvalue weighted by Gasteiger charge is 2.39. The summed E-state index contributed by atoms with van der Waals surface area (Å²) in [5.74, 6) is 2.68. The van der Waals surface area contributed by atoms with Gasteiger partial charge in [-0.15, -0.1) is 0 Å². The Morgan fingerprint density at radius 1 is 1.29 bits per heavy atom. The summed E-state index contributed by atoms with van der Waals surface area (Å²) in [7, 11) is 1.89. The topological polar surface area (TPSA) is 52.0 Å². The summed E-state index contributed by atoms with van der Waals surface area (Å²) in [5, 5.41) is 4.20. The maximum Gasteiger partial charge on any atom is 0.147 e. The highest BCUT2D eigenvalue weighted by Crippen LogP contribution is 2.41. The van der Waals surface area contributed by atoms with E-state index in [-0.39, 0.29) is 6.23 Å². The van der Waals surface area contributed by atoms with Crippen LogP contribution in [0.15, 0.2) is 12.3 Å². The molecule has 0 aromatic carbocycles. The Bertz CT molecular complexity index is 651. The van der Waals surface area contributed by atoms with E-state index in [1.54, 1.807) is 0 Å². The molecule has 5 heteroatoms. The van der Waals surface area contributed by atoms with Gasteiger partial charge in [-0.05, 0) is 25.3 Å². The lowest BCUT2D eigenvalue weighted by molar-refractivity contribution is -0.0117. The summed E-state index contributed by atoms with van der Waals surface area (Å²) < 4.78 is 8.45. The molecule has 21 heavy (non-hydrogen) atoms. The Morgan fingerprint density at radius 3 is 2.67 bits per heavy atom. The predicted molar refractivity (Wildman–Crippen MR) is 84.3 cm³/mol. The Labute approximate surface area is 125 Å². The third kappa shape index (κ3) is 2.20. The van der Waals surface area contributed by atoms with Crippen LogP contribution in [0.2, 0.25) is 0 Å². The van der Waals surface area contributed by atoms with Crippen LogP contribution in [0.25, 0.3) is 11.0 Å². The van der Waals surface area contributed by atoms with Crippen molar-refractivity contribution in [3.05, 3.63) is 18.1 Å². The molecule has 1 saturated heterocycles. The molecule has 0 aliphatic carbocycles.